The Morgan fingerprint density at radius 3 is 2.14 bits per heavy atom. The molecule has 2 aliphatic rings. The molecule has 2 aliphatic heterocycles. The minimum absolute atomic E-state index is 0.0362. The maximum atomic E-state index is 13.7. The average molecular weight is 520 g/mol. The van der Waals surface area contributed by atoms with Gasteiger partial charge < -0.3 is 4.74 Å². The fourth-order valence-corrected chi connectivity index (χ4v) is 7.08. The van der Waals surface area contributed by atoms with E-state index in [2.05, 4.69) is 21.9 Å². The van der Waals surface area contributed by atoms with Crippen molar-refractivity contribution in [3.8, 4) is 11.1 Å². The van der Waals surface area contributed by atoms with Crippen LogP contribution in [0.1, 0.15) is 12.5 Å². The van der Waals surface area contributed by atoms with Crippen LogP contribution in [0.3, 0.4) is 0 Å². The molecule has 0 aromatic heterocycles. The van der Waals surface area contributed by atoms with Gasteiger partial charge in [0.25, 0.3) is 0 Å². The third-order valence-corrected chi connectivity index (χ3v) is 9.17. The molecule has 3 aromatic carbocycles. The summed E-state index contributed by atoms with van der Waals surface area (Å²) in [4.78, 5) is 16.8. The molecule has 8 heteroatoms. The number of piperazine rings is 1. The van der Waals surface area contributed by atoms with Crippen molar-refractivity contribution in [2.24, 2.45) is 0 Å². The van der Waals surface area contributed by atoms with Crippen molar-refractivity contribution in [1.29, 1.82) is 0 Å². The summed E-state index contributed by atoms with van der Waals surface area (Å²) >= 11 is 0. The van der Waals surface area contributed by atoms with Crippen molar-refractivity contribution in [2.75, 3.05) is 39.3 Å². The number of likely N-dealkylation sites (tertiary alicyclic amines) is 1. The zero-order valence-corrected chi connectivity index (χ0v) is 21.9. The highest BCUT2D eigenvalue weighted by Gasteiger charge is 2.41. The molecule has 0 amide bonds. The van der Waals surface area contributed by atoms with Crippen LogP contribution in [-0.4, -0.2) is 79.9 Å². The largest absolute Gasteiger partial charge is 0.459 e. The first kappa shape index (κ1) is 25.6. The van der Waals surface area contributed by atoms with Crippen molar-refractivity contribution in [3.05, 3.63) is 90.5 Å². The Morgan fingerprint density at radius 1 is 0.838 bits per heavy atom. The van der Waals surface area contributed by atoms with Gasteiger partial charge in [0.2, 0.25) is 10.0 Å². The highest BCUT2D eigenvalue weighted by atomic mass is 32.2. The molecule has 0 unspecified atom stereocenters. The molecule has 3 aromatic rings. The monoisotopic (exact) mass is 519 g/mol. The lowest BCUT2D eigenvalue weighted by molar-refractivity contribution is -0.148. The Morgan fingerprint density at radius 2 is 1.46 bits per heavy atom. The predicted octanol–water partition coefficient (Wildman–Crippen LogP) is 3.48. The molecule has 2 atom stereocenters. The Balaban J connectivity index is 1.29. The number of hydrogen-bond donors (Lipinski definition) is 0. The van der Waals surface area contributed by atoms with E-state index in [0.29, 0.717) is 43.2 Å². The number of rotatable bonds is 7. The molecular weight excluding hydrogens is 486 g/mol. The molecule has 194 valence electrons. The lowest BCUT2D eigenvalue weighted by Gasteiger charge is -2.39. The SMILES string of the molecule is CC(=O)O[C@@H]1CN(Cc2ccccc2)C[C@H]1N1CCN(S(=O)(=O)c2ccccc2-c2ccccc2)CC1. The number of benzene rings is 3. The number of carbonyl (C=O) groups is 1. The van der Waals surface area contributed by atoms with Crippen LogP contribution >= 0.6 is 0 Å². The third kappa shape index (κ3) is 5.78. The van der Waals surface area contributed by atoms with Crippen LogP contribution in [0.4, 0.5) is 0 Å². The standard InChI is InChI=1S/C29H33N3O4S/c1-23(33)36-28-22-30(20-24-10-4-2-5-11-24)21-27(28)31-16-18-32(19-17-31)37(34,35)29-15-9-8-14-26(29)25-12-6-3-7-13-25/h2-15,27-28H,16-22H2,1H3/t27-,28-/m1/s1. The van der Waals surface area contributed by atoms with Crippen LogP contribution in [0.15, 0.2) is 89.8 Å². The first-order valence-corrected chi connectivity index (χ1v) is 14.2. The summed E-state index contributed by atoms with van der Waals surface area (Å²) in [6, 6.07) is 27.1. The zero-order chi connectivity index (χ0) is 25.8. The molecular formula is C29H33N3O4S. The molecule has 0 aliphatic carbocycles. The van der Waals surface area contributed by atoms with Crippen LogP contribution in [0.5, 0.6) is 0 Å². The number of carbonyl (C=O) groups excluding carboxylic acids is 1. The van der Waals surface area contributed by atoms with Gasteiger partial charge in [-0.3, -0.25) is 14.6 Å². The first-order valence-electron chi connectivity index (χ1n) is 12.7. The summed E-state index contributed by atoms with van der Waals surface area (Å²) in [6.45, 7) is 5.66. The Hall–Kier alpha value is -3.04. The summed E-state index contributed by atoms with van der Waals surface area (Å²) in [6.07, 6.45) is -0.233. The third-order valence-electron chi connectivity index (χ3n) is 7.21. The Labute approximate surface area is 219 Å². The van der Waals surface area contributed by atoms with Gasteiger partial charge in [0.05, 0.1) is 10.9 Å². The predicted molar refractivity (Wildman–Crippen MR) is 143 cm³/mol. The quantitative estimate of drug-likeness (QED) is 0.445. The van der Waals surface area contributed by atoms with E-state index in [1.165, 1.54) is 12.5 Å². The van der Waals surface area contributed by atoms with Crippen LogP contribution in [0.25, 0.3) is 11.1 Å². The first-order chi connectivity index (χ1) is 17.9. The highest BCUT2D eigenvalue weighted by molar-refractivity contribution is 7.89. The van der Waals surface area contributed by atoms with Gasteiger partial charge in [-0.15, -0.1) is 0 Å². The molecule has 0 bridgehead atoms. The van der Waals surface area contributed by atoms with Gasteiger partial charge in [0.1, 0.15) is 6.10 Å². The van der Waals surface area contributed by atoms with E-state index in [4.69, 9.17) is 4.74 Å². The second-order valence-electron chi connectivity index (χ2n) is 9.70. The zero-order valence-electron chi connectivity index (χ0n) is 21.1. The molecule has 7 nitrogen and oxygen atoms in total. The van der Waals surface area contributed by atoms with E-state index in [1.54, 1.807) is 16.4 Å². The maximum Gasteiger partial charge on any atom is 0.303 e. The van der Waals surface area contributed by atoms with Crippen molar-refractivity contribution >= 4 is 16.0 Å². The van der Waals surface area contributed by atoms with Gasteiger partial charge in [-0.25, -0.2) is 8.42 Å². The summed E-state index contributed by atoms with van der Waals surface area (Å²) in [5.41, 5.74) is 2.82. The van der Waals surface area contributed by atoms with E-state index < -0.39 is 10.0 Å². The lowest BCUT2D eigenvalue weighted by Crippen LogP contribution is -2.55. The molecule has 0 saturated carbocycles. The van der Waals surface area contributed by atoms with E-state index in [-0.39, 0.29) is 18.1 Å². The molecule has 0 N–H and O–H groups in total. The van der Waals surface area contributed by atoms with Gasteiger partial charge in [-0.1, -0.05) is 78.9 Å². The van der Waals surface area contributed by atoms with Crippen molar-refractivity contribution in [2.45, 2.75) is 30.5 Å². The fourth-order valence-electron chi connectivity index (χ4n) is 5.45. The van der Waals surface area contributed by atoms with Gasteiger partial charge in [-0.2, -0.15) is 4.31 Å². The minimum Gasteiger partial charge on any atom is -0.459 e. The van der Waals surface area contributed by atoms with Crippen LogP contribution < -0.4 is 0 Å². The lowest BCUT2D eigenvalue weighted by atomic mass is 10.1. The molecule has 5 rings (SSSR count). The van der Waals surface area contributed by atoms with Crippen molar-refractivity contribution in [3.63, 3.8) is 0 Å². The van der Waals surface area contributed by atoms with E-state index >= 15 is 0 Å². The van der Waals surface area contributed by atoms with E-state index in [1.807, 2.05) is 60.7 Å². The number of hydrogen-bond acceptors (Lipinski definition) is 6. The second kappa shape index (κ2) is 11.1. The number of ether oxygens (including phenoxy) is 1. The van der Waals surface area contributed by atoms with Gasteiger partial charge in [-0.05, 0) is 17.2 Å². The molecule has 2 saturated heterocycles. The topological polar surface area (TPSA) is 70.2 Å². The number of nitrogens with zero attached hydrogens (tertiary/aromatic N) is 3. The van der Waals surface area contributed by atoms with Crippen LogP contribution in [0.2, 0.25) is 0 Å². The number of esters is 1. The van der Waals surface area contributed by atoms with Crippen LogP contribution in [0, 0.1) is 0 Å². The maximum absolute atomic E-state index is 13.7. The van der Waals surface area contributed by atoms with E-state index in [0.717, 1.165) is 18.7 Å². The summed E-state index contributed by atoms with van der Waals surface area (Å²) in [5, 5.41) is 0. The molecule has 0 spiro atoms. The smallest absolute Gasteiger partial charge is 0.303 e. The summed E-state index contributed by atoms with van der Waals surface area (Å²) in [7, 11) is -3.66. The highest BCUT2D eigenvalue weighted by Crippen LogP contribution is 2.30. The van der Waals surface area contributed by atoms with Gasteiger partial charge in [0.15, 0.2) is 0 Å². The molecule has 37 heavy (non-hydrogen) atoms. The van der Waals surface area contributed by atoms with Gasteiger partial charge >= 0.3 is 5.97 Å². The van der Waals surface area contributed by atoms with Crippen LogP contribution in [-0.2, 0) is 26.1 Å². The van der Waals surface area contributed by atoms with Crippen molar-refractivity contribution < 1.29 is 17.9 Å². The fraction of sp³-hybridized carbons (Fsp3) is 0.345. The normalized spacial score (nSPS) is 21.6. The van der Waals surface area contributed by atoms with Gasteiger partial charge in [0, 0.05) is 58.3 Å². The van der Waals surface area contributed by atoms with E-state index in [9.17, 15) is 13.2 Å². The summed E-state index contributed by atoms with van der Waals surface area (Å²) < 4.78 is 34.7. The van der Waals surface area contributed by atoms with Crippen molar-refractivity contribution in [1.82, 2.24) is 14.1 Å². The minimum atomic E-state index is -3.66. The Kier molecular flexibility index (Phi) is 7.71. The average Bonchev–Trinajstić information content (AvgIpc) is 3.31. The number of sulfonamides is 1. The molecule has 0 radical (unpaired) electrons. The summed E-state index contributed by atoms with van der Waals surface area (Å²) in [5.74, 6) is -0.282. The Bertz CT molecular complexity index is 1310. The molecule has 2 fully saturated rings. The molecule has 2 heterocycles. The second-order valence-corrected chi connectivity index (χ2v) is 11.6.